The van der Waals surface area contributed by atoms with Crippen LogP contribution in [0.2, 0.25) is 5.02 Å². The van der Waals surface area contributed by atoms with Crippen molar-refractivity contribution < 1.29 is 4.74 Å². The molecule has 0 bridgehead atoms. The number of benzene rings is 4. The molecule has 0 amide bonds. The topological polar surface area (TPSA) is 26.3 Å². The number of ether oxygens (including phenoxy) is 1. The lowest BCUT2D eigenvalue weighted by Gasteiger charge is -2.14. The van der Waals surface area contributed by atoms with Gasteiger partial charge >= 0.3 is 0 Å². The van der Waals surface area contributed by atoms with E-state index in [1.165, 1.54) is 72.5 Å². The van der Waals surface area contributed by atoms with Gasteiger partial charge in [0.1, 0.15) is 5.75 Å². The molecular weight excluding hydrogens is 588 g/mol. The van der Waals surface area contributed by atoms with E-state index in [-0.39, 0.29) is 16.3 Å². The van der Waals surface area contributed by atoms with Crippen molar-refractivity contribution in [3.8, 4) is 5.75 Å². The molecule has 1 aromatic heterocycles. The predicted octanol–water partition coefficient (Wildman–Crippen LogP) is 11.8. The lowest BCUT2D eigenvalue weighted by atomic mass is 10.1. The molecule has 0 saturated carbocycles. The van der Waals surface area contributed by atoms with Gasteiger partial charge in [-0.3, -0.25) is 4.79 Å². The van der Waals surface area contributed by atoms with Gasteiger partial charge in [0.15, 0.2) is 20.1 Å². The zero-order valence-electron chi connectivity index (χ0n) is 25.4. The van der Waals surface area contributed by atoms with E-state index in [0.717, 1.165) is 27.1 Å². The molecule has 5 aromatic rings. The van der Waals surface area contributed by atoms with Crippen LogP contribution in [0.3, 0.4) is 0 Å². The molecule has 0 aliphatic rings. The second-order valence-corrected chi connectivity index (χ2v) is 14.7. The van der Waals surface area contributed by atoms with Crippen LogP contribution in [0.5, 0.6) is 5.75 Å². The van der Waals surface area contributed by atoms with Gasteiger partial charge in [0.25, 0.3) is 0 Å². The molecule has 0 unspecified atom stereocenters. The zero-order valence-corrected chi connectivity index (χ0v) is 27.8. The molecule has 0 radical (unpaired) electrons. The van der Waals surface area contributed by atoms with Crippen LogP contribution in [0, 0.1) is 6.92 Å². The van der Waals surface area contributed by atoms with Crippen LogP contribution < -0.4 is 10.2 Å². The highest BCUT2D eigenvalue weighted by Gasteiger charge is 2.29. The van der Waals surface area contributed by atoms with Gasteiger partial charge in [-0.05, 0) is 61.4 Å². The van der Waals surface area contributed by atoms with Crippen molar-refractivity contribution >= 4 is 54.0 Å². The summed E-state index contributed by atoms with van der Waals surface area (Å²) in [5, 5.41) is 1.78. The first-order valence-corrected chi connectivity index (χ1v) is 18.2. The number of aryl methyl sites for hydroxylation is 1. The minimum atomic E-state index is -0.290. The largest absolute Gasteiger partial charge is 0.492 e. The minimum absolute atomic E-state index is 0.0246. The van der Waals surface area contributed by atoms with E-state index in [1.54, 1.807) is 11.3 Å². The summed E-state index contributed by atoms with van der Waals surface area (Å²) in [5.41, 5.74) is 0.951. The summed E-state index contributed by atoms with van der Waals surface area (Å²) >= 11 is 8.33. The zero-order chi connectivity index (χ0) is 30.0. The predicted molar refractivity (Wildman–Crippen MR) is 188 cm³/mol. The molecule has 0 spiro atoms. The SMILES string of the molecule is CCCCCCCCCCCCOc1c(C)cc(Cl)c2c(=O)c3ccc([S+](c4ccccc4)c4ccccc4)cc3sc12. The third kappa shape index (κ3) is 7.84. The Balaban J connectivity index is 1.39. The van der Waals surface area contributed by atoms with Crippen molar-refractivity contribution in [1.29, 1.82) is 0 Å². The molecule has 0 aliphatic heterocycles. The number of hydrogen-bond acceptors (Lipinski definition) is 3. The molecule has 0 fully saturated rings. The van der Waals surface area contributed by atoms with Crippen LogP contribution in [0.25, 0.3) is 20.2 Å². The first kappa shape index (κ1) is 31.6. The fourth-order valence-corrected chi connectivity index (χ4v) is 9.53. The van der Waals surface area contributed by atoms with Gasteiger partial charge in [-0.2, -0.15) is 0 Å². The Bertz CT molecular complexity index is 1640. The summed E-state index contributed by atoms with van der Waals surface area (Å²) < 4.78 is 8.23. The Morgan fingerprint density at radius 2 is 1.30 bits per heavy atom. The maximum absolute atomic E-state index is 13.8. The van der Waals surface area contributed by atoms with Gasteiger partial charge in [0.05, 0.1) is 32.6 Å². The third-order valence-corrected chi connectivity index (χ3v) is 11.6. The molecule has 5 heteroatoms. The van der Waals surface area contributed by atoms with E-state index in [1.807, 2.05) is 19.1 Å². The van der Waals surface area contributed by atoms with Gasteiger partial charge in [-0.15, -0.1) is 11.3 Å². The maximum Gasteiger partial charge on any atom is 0.197 e. The smallest absolute Gasteiger partial charge is 0.197 e. The van der Waals surface area contributed by atoms with Gasteiger partial charge in [0, 0.05) is 16.2 Å². The van der Waals surface area contributed by atoms with E-state index in [2.05, 4.69) is 79.7 Å². The maximum atomic E-state index is 13.8. The average molecular weight is 630 g/mol. The van der Waals surface area contributed by atoms with Crippen molar-refractivity contribution in [2.75, 3.05) is 6.61 Å². The van der Waals surface area contributed by atoms with E-state index in [4.69, 9.17) is 16.3 Å². The van der Waals surface area contributed by atoms with Crippen LogP contribution in [-0.2, 0) is 10.9 Å². The lowest BCUT2D eigenvalue weighted by Crippen LogP contribution is -2.07. The summed E-state index contributed by atoms with van der Waals surface area (Å²) in [6, 6.07) is 29.4. The molecule has 43 heavy (non-hydrogen) atoms. The van der Waals surface area contributed by atoms with Crippen molar-refractivity contribution in [3.05, 3.63) is 106 Å². The molecule has 0 N–H and O–H groups in total. The Morgan fingerprint density at radius 1 is 0.721 bits per heavy atom. The highest BCUT2D eigenvalue weighted by atomic mass is 35.5. The second kappa shape index (κ2) is 15.8. The van der Waals surface area contributed by atoms with Crippen LogP contribution in [0.1, 0.15) is 76.7 Å². The summed E-state index contributed by atoms with van der Waals surface area (Å²) in [7, 11) is -0.290. The second-order valence-electron chi connectivity index (χ2n) is 11.3. The van der Waals surface area contributed by atoms with Crippen LogP contribution in [0.15, 0.2) is 104 Å². The molecule has 5 rings (SSSR count). The Hall–Kier alpha value is -2.79. The summed E-state index contributed by atoms with van der Waals surface area (Å²) in [6.07, 6.45) is 12.9. The molecule has 224 valence electrons. The molecule has 0 saturated heterocycles. The van der Waals surface area contributed by atoms with Gasteiger partial charge < -0.3 is 4.74 Å². The van der Waals surface area contributed by atoms with Gasteiger partial charge in [-0.25, -0.2) is 0 Å². The Labute approximate surface area is 268 Å². The Morgan fingerprint density at radius 3 is 1.91 bits per heavy atom. The minimum Gasteiger partial charge on any atom is -0.492 e. The van der Waals surface area contributed by atoms with Crippen LogP contribution >= 0.6 is 22.9 Å². The normalized spacial score (nSPS) is 11.5. The van der Waals surface area contributed by atoms with Crippen molar-refractivity contribution in [1.82, 2.24) is 0 Å². The number of halogens is 1. The van der Waals surface area contributed by atoms with E-state index in [9.17, 15) is 4.79 Å². The standard InChI is InChI=1S/C38H42ClO2S2/c1-3-4-5-6-7-8-9-10-11-18-25-41-37-28(2)26-33(39)35-36(40)32-24-23-31(27-34(32)42-38(35)37)43(29-19-14-12-15-20-29)30-21-16-13-17-22-30/h12-17,19-24,26-27H,3-11,18,25H2,1-2H3/q+1. The number of fused-ring (bicyclic) bond motifs is 2. The number of rotatable bonds is 15. The van der Waals surface area contributed by atoms with Gasteiger partial charge in [-0.1, -0.05) is 113 Å². The van der Waals surface area contributed by atoms with E-state index in [0.29, 0.717) is 22.4 Å². The monoisotopic (exact) mass is 629 g/mol. The highest BCUT2D eigenvalue weighted by molar-refractivity contribution is 7.97. The molecule has 2 nitrogen and oxygen atoms in total. The van der Waals surface area contributed by atoms with Crippen molar-refractivity contribution in [2.24, 2.45) is 0 Å². The summed E-state index contributed by atoms with van der Waals surface area (Å²) in [5.74, 6) is 0.801. The summed E-state index contributed by atoms with van der Waals surface area (Å²) in [6.45, 7) is 4.95. The molecular formula is C38H42ClO2S2+. The van der Waals surface area contributed by atoms with Gasteiger partial charge in [0.2, 0.25) is 0 Å². The summed E-state index contributed by atoms with van der Waals surface area (Å²) in [4.78, 5) is 17.5. The molecule has 4 aromatic carbocycles. The first-order valence-electron chi connectivity index (χ1n) is 15.8. The quantitative estimate of drug-likeness (QED) is 0.0654. The third-order valence-electron chi connectivity index (χ3n) is 7.95. The molecule has 0 aliphatic carbocycles. The van der Waals surface area contributed by atoms with Crippen LogP contribution in [0.4, 0.5) is 0 Å². The van der Waals surface area contributed by atoms with Crippen molar-refractivity contribution in [3.63, 3.8) is 0 Å². The van der Waals surface area contributed by atoms with E-state index >= 15 is 0 Å². The average Bonchev–Trinajstić information content (AvgIpc) is 3.02. The number of hydrogen-bond donors (Lipinski definition) is 0. The highest BCUT2D eigenvalue weighted by Crippen LogP contribution is 2.40. The first-order chi connectivity index (χ1) is 21.1. The fraction of sp³-hybridized carbons (Fsp3) is 0.342. The molecule has 1 heterocycles. The van der Waals surface area contributed by atoms with E-state index < -0.39 is 0 Å². The fourth-order valence-electron chi connectivity index (χ4n) is 5.65. The molecule has 0 atom stereocenters. The lowest BCUT2D eigenvalue weighted by molar-refractivity contribution is 0.306. The van der Waals surface area contributed by atoms with Crippen molar-refractivity contribution in [2.45, 2.75) is 92.7 Å². The Kier molecular flexibility index (Phi) is 11.6. The van der Waals surface area contributed by atoms with Crippen LogP contribution in [-0.4, -0.2) is 6.61 Å². The number of unbranched alkanes of at least 4 members (excludes halogenated alkanes) is 9.